The van der Waals surface area contributed by atoms with Gasteiger partial charge in [0.05, 0.1) is 17.3 Å². The molecule has 0 aliphatic carbocycles. The Bertz CT molecular complexity index is 1040. The van der Waals surface area contributed by atoms with Crippen molar-refractivity contribution in [3.63, 3.8) is 0 Å². The molecule has 1 heterocycles. The lowest BCUT2D eigenvalue weighted by molar-refractivity contribution is 0.0763. The molecular formula is C23H21NO2. The van der Waals surface area contributed by atoms with Gasteiger partial charge in [0.15, 0.2) is 5.75 Å². The van der Waals surface area contributed by atoms with E-state index in [9.17, 15) is 5.11 Å². The Kier molecular flexibility index (Phi) is 4.02. The van der Waals surface area contributed by atoms with E-state index >= 15 is 0 Å². The molecule has 0 spiro atoms. The van der Waals surface area contributed by atoms with Gasteiger partial charge in [0, 0.05) is 16.6 Å². The summed E-state index contributed by atoms with van der Waals surface area (Å²) in [6.45, 7) is 3.53. The fourth-order valence-corrected chi connectivity index (χ4v) is 3.21. The summed E-state index contributed by atoms with van der Waals surface area (Å²) in [5.41, 5.74) is 1.94. The number of fused-ring (bicyclic) bond motifs is 1. The highest BCUT2D eigenvalue weighted by Gasteiger charge is 2.22. The molecule has 0 bridgehead atoms. The summed E-state index contributed by atoms with van der Waals surface area (Å²) >= 11 is 0. The second kappa shape index (κ2) is 6.36. The number of nitrogens with zero attached hydrogens (tertiary/aromatic N) is 1. The van der Waals surface area contributed by atoms with Crippen molar-refractivity contribution in [3.05, 3.63) is 90.6 Å². The maximum Gasteiger partial charge on any atom is 0.153 e. The van der Waals surface area contributed by atoms with Crippen LogP contribution in [0.15, 0.2) is 85.1 Å². The predicted molar refractivity (Wildman–Crippen MR) is 105 cm³/mol. The van der Waals surface area contributed by atoms with Crippen LogP contribution in [0.1, 0.15) is 19.4 Å². The number of benzene rings is 3. The Morgan fingerprint density at radius 1 is 0.769 bits per heavy atom. The zero-order chi connectivity index (χ0) is 18.1. The van der Waals surface area contributed by atoms with Gasteiger partial charge in [-0.25, -0.2) is 0 Å². The average molecular weight is 343 g/mol. The van der Waals surface area contributed by atoms with Crippen molar-refractivity contribution >= 4 is 10.9 Å². The van der Waals surface area contributed by atoms with Crippen LogP contribution in [0.5, 0.6) is 11.5 Å². The lowest BCUT2D eigenvalue weighted by Gasteiger charge is -2.21. The number of aliphatic hydroxyl groups is 1. The number of aromatic nitrogens is 1. The summed E-state index contributed by atoms with van der Waals surface area (Å²) in [6, 6.07) is 26.0. The predicted octanol–water partition coefficient (Wildman–Crippen LogP) is 5.65. The van der Waals surface area contributed by atoms with Crippen LogP contribution < -0.4 is 4.74 Å². The van der Waals surface area contributed by atoms with Crippen molar-refractivity contribution in [2.24, 2.45) is 0 Å². The monoisotopic (exact) mass is 343 g/mol. The molecule has 4 aromatic rings. The maximum absolute atomic E-state index is 10.5. The minimum atomic E-state index is -0.978. The SMILES string of the molecule is CC(C)(O)c1ccccc1Oc1cn(-c2ccccc2)c2ccccc12. The van der Waals surface area contributed by atoms with Gasteiger partial charge in [0.2, 0.25) is 0 Å². The zero-order valence-electron chi connectivity index (χ0n) is 14.9. The van der Waals surface area contributed by atoms with Gasteiger partial charge >= 0.3 is 0 Å². The first kappa shape index (κ1) is 16.4. The van der Waals surface area contributed by atoms with E-state index in [-0.39, 0.29) is 0 Å². The van der Waals surface area contributed by atoms with Crippen molar-refractivity contribution in [2.75, 3.05) is 0 Å². The minimum absolute atomic E-state index is 0.663. The van der Waals surface area contributed by atoms with Crippen LogP contribution in [0.3, 0.4) is 0 Å². The zero-order valence-corrected chi connectivity index (χ0v) is 14.9. The number of ether oxygens (including phenoxy) is 1. The first-order valence-electron chi connectivity index (χ1n) is 8.69. The molecule has 0 radical (unpaired) electrons. The fourth-order valence-electron chi connectivity index (χ4n) is 3.21. The molecule has 3 heteroatoms. The molecule has 130 valence electrons. The molecule has 3 aromatic carbocycles. The molecule has 4 rings (SSSR count). The highest BCUT2D eigenvalue weighted by atomic mass is 16.5. The average Bonchev–Trinajstić information content (AvgIpc) is 3.01. The van der Waals surface area contributed by atoms with Crippen molar-refractivity contribution < 1.29 is 9.84 Å². The Morgan fingerprint density at radius 3 is 2.19 bits per heavy atom. The standard InChI is InChI=1S/C23H21NO2/c1-23(2,25)19-13-7-9-15-21(19)26-22-16-24(17-10-4-3-5-11-17)20-14-8-6-12-18(20)22/h3-16,25H,1-2H3. The van der Waals surface area contributed by atoms with Crippen molar-refractivity contribution in [1.29, 1.82) is 0 Å². The molecule has 1 N–H and O–H groups in total. The third kappa shape index (κ3) is 2.98. The fraction of sp³-hybridized carbons (Fsp3) is 0.130. The summed E-state index contributed by atoms with van der Waals surface area (Å²) < 4.78 is 8.39. The van der Waals surface area contributed by atoms with Gasteiger partial charge in [-0.15, -0.1) is 0 Å². The van der Waals surface area contributed by atoms with Gasteiger partial charge in [0.25, 0.3) is 0 Å². The van der Waals surface area contributed by atoms with Crippen LogP contribution in [0.25, 0.3) is 16.6 Å². The van der Waals surface area contributed by atoms with Crippen LogP contribution in [0.2, 0.25) is 0 Å². The number of hydrogen-bond acceptors (Lipinski definition) is 2. The molecule has 0 atom stereocenters. The molecule has 0 saturated heterocycles. The van der Waals surface area contributed by atoms with Crippen LogP contribution in [0.4, 0.5) is 0 Å². The van der Waals surface area contributed by atoms with Gasteiger partial charge in [-0.05, 0) is 44.2 Å². The summed E-state index contributed by atoms with van der Waals surface area (Å²) in [5, 5.41) is 11.5. The Labute approximate surface area is 153 Å². The highest BCUT2D eigenvalue weighted by molar-refractivity contribution is 5.88. The van der Waals surface area contributed by atoms with E-state index in [1.807, 2.05) is 60.8 Å². The first-order chi connectivity index (χ1) is 12.5. The molecule has 0 amide bonds. The lowest BCUT2D eigenvalue weighted by Crippen LogP contribution is -2.16. The molecule has 0 aliphatic heterocycles. The van der Waals surface area contributed by atoms with Gasteiger partial charge < -0.3 is 14.4 Å². The quantitative estimate of drug-likeness (QED) is 0.519. The van der Waals surface area contributed by atoms with Crippen molar-refractivity contribution in [3.8, 4) is 17.2 Å². The molecular weight excluding hydrogens is 322 g/mol. The van der Waals surface area contributed by atoms with Gasteiger partial charge in [-0.3, -0.25) is 0 Å². The second-order valence-corrected chi connectivity index (χ2v) is 6.87. The van der Waals surface area contributed by atoms with E-state index in [1.54, 1.807) is 13.8 Å². The summed E-state index contributed by atoms with van der Waals surface area (Å²) in [7, 11) is 0. The lowest BCUT2D eigenvalue weighted by atomic mass is 9.97. The summed E-state index contributed by atoms with van der Waals surface area (Å²) in [5.74, 6) is 1.43. The van der Waals surface area contributed by atoms with E-state index in [1.165, 1.54) is 0 Å². The third-order valence-corrected chi connectivity index (χ3v) is 4.48. The molecule has 0 aliphatic rings. The molecule has 1 aromatic heterocycles. The highest BCUT2D eigenvalue weighted by Crippen LogP contribution is 2.37. The van der Waals surface area contributed by atoms with E-state index in [4.69, 9.17) is 4.74 Å². The van der Waals surface area contributed by atoms with Gasteiger partial charge in [0.1, 0.15) is 5.75 Å². The minimum Gasteiger partial charge on any atom is -0.455 e. The smallest absolute Gasteiger partial charge is 0.153 e. The first-order valence-corrected chi connectivity index (χ1v) is 8.69. The summed E-state index contributed by atoms with van der Waals surface area (Å²) in [6.07, 6.45) is 2.00. The van der Waals surface area contributed by atoms with Crippen molar-refractivity contribution in [2.45, 2.75) is 19.4 Å². The van der Waals surface area contributed by atoms with E-state index in [2.05, 4.69) is 28.8 Å². The molecule has 0 fully saturated rings. The van der Waals surface area contributed by atoms with E-state index in [0.29, 0.717) is 5.75 Å². The normalized spacial score (nSPS) is 11.7. The second-order valence-electron chi connectivity index (χ2n) is 6.87. The molecule has 0 unspecified atom stereocenters. The Hall–Kier alpha value is -3.04. The van der Waals surface area contributed by atoms with E-state index in [0.717, 1.165) is 27.9 Å². The molecule has 0 saturated carbocycles. The number of hydrogen-bond donors (Lipinski definition) is 1. The van der Waals surface area contributed by atoms with Gasteiger partial charge in [-0.2, -0.15) is 0 Å². The molecule has 26 heavy (non-hydrogen) atoms. The van der Waals surface area contributed by atoms with Crippen molar-refractivity contribution in [1.82, 2.24) is 4.57 Å². The topological polar surface area (TPSA) is 34.4 Å². The third-order valence-electron chi connectivity index (χ3n) is 4.48. The number of para-hydroxylation sites is 3. The van der Waals surface area contributed by atoms with E-state index < -0.39 is 5.60 Å². The Balaban J connectivity index is 1.85. The Morgan fingerprint density at radius 2 is 1.42 bits per heavy atom. The van der Waals surface area contributed by atoms with Crippen LogP contribution in [-0.2, 0) is 5.60 Å². The molecule has 3 nitrogen and oxygen atoms in total. The maximum atomic E-state index is 10.5. The van der Waals surface area contributed by atoms with Crippen LogP contribution >= 0.6 is 0 Å². The largest absolute Gasteiger partial charge is 0.455 e. The van der Waals surface area contributed by atoms with Crippen LogP contribution in [0, 0.1) is 0 Å². The van der Waals surface area contributed by atoms with Gasteiger partial charge in [-0.1, -0.05) is 48.5 Å². The number of rotatable bonds is 4. The summed E-state index contributed by atoms with van der Waals surface area (Å²) in [4.78, 5) is 0. The van der Waals surface area contributed by atoms with Crippen LogP contribution in [-0.4, -0.2) is 9.67 Å².